The van der Waals surface area contributed by atoms with Crippen LogP contribution in [0.15, 0.2) is 24.3 Å². The van der Waals surface area contributed by atoms with Crippen LogP contribution < -0.4 is 0 Å². The molecule has 1 saturated heterocycles. The van der Waals surface area contributed by atoms with Gasteiger partial charge in [0.05, 0.1) is 6.04 Å². The minimum atomic E-state index is -5.08. The molecule has 3 atom stereocenters. The van der Waals surface area contributed by atoms with Crippen LogP contribution in [0.2, 0.25) is 0 Å². The van der Waals surface area contributed by atoms with E-state index in [-0.39, 0.29) is 0 Å². The van der Waals surface area contributed by atoms with Crippen molar-refractivity contribution in [3.63, 3.8) is 0 Å². The van der Waals surface area contributed by atoms with Gasteiger partial charge in [-0.25, -0.2) is 4.79 Å². The van der Waals surface area contributed by atoms with E-state index in [0.29, 0.717) is 6.04 Å². The number of fused-ring (bicyclic) bond motifs is 1. The van der Waals surface area contributed by atoms with Crippen LogP contribution in [-0.2, 0) is 4.79 Å². The van der Waals surface area contributed by atoms with Gasteiger partial charge in [0.25, 0.3) is 0 Å². The Bertz CT molecular complexity index is 732. The lowest BCUT2D eigenvalue weighted by molar-refractivity contribution is -0.192. The fourth-order valence-electron chi connectivity index (χ4n) is 4.24. The first-order valence-electron chi connectivity index (χ1n) is 9.86. The molecule has 28 heavy (non-hydrogen) atoms. The van der Waals surface area contributed by atoms with Crippen molar-refractivity contribution >= 4 is 5.97 Å². The van der Waals surface area contributed by atoms with E-state index < -0.39 is 12.1 Å². The summed E-state index contributed by atoms with van der Waals surface area (Å²) in [6.45, 7) is 4.76. The van der Waals surface area contributed by atoms with Crippen molar-refractivity contribution < 1.29 is 23.1 Å². The Morgan fingerprint density at radius 1 is 1.14 bits per heavy atom. The minimum absolute atomic E-state index is 0.515. The number of aryl methyl sites for hydroxylation is 1. The number of alkyl halides is 3. The highest BCUT2D eigenvalue weighted by Gasteiger charge is 2.47. The van der Waals surface area contributed by atoms with E-state index in [9.17, 15) is 13.2 Å². The third-order valence-electron chi connectivity index (χ3n) is 5.91. The molecule has 6 heteroatoms. The van der Waals surface area contributed by atoms with Crippen LogP contribution in [-0.4, -0.2) is 41.3 Å². The molecule has 1 aliphatic heterocycles. The Hall–Kier alpha value is -2.00. The van der Waals surface area contributed by atoms with Crippen LogP contribution in [0.5, 0.6) is 0 Å². The molecule has 1 heterocycles. The summed E-state index contributed by atoms with van der Waals surface area (Å²) in [6.07, 6.45) is 2.00. The van der Waals surface area contributed by atoms with Crippen molar-refractivity contribution in [2.24, 2.45) is 17.8 Å². The second-order valence-electron chi connectivity index (χ2n) is 8.14. The van der Waals surface area contributed by atoms with E-state index in [1.54, 1.807) is 0 Å². The number of likely N-dealkylation sites (tertiary alicyclic amines) is 1. The third kappa shape index (κ3) is 5.51. The van der Waals surface area contributed by atoms with Crippen LogP contribution in [0.1, 0.15) is 43.2 Å². The second kappa shape index (κ2) is 8.57. The lowest BCUT2D eigenvalue weighted by Gasteiger charge is -2.29. The maximum atomic E-state index is 10.6. The maximum absolute atomic E-state index is 10.6. The number of rotatable bonds is 2. The minimum Gasteiger partial charge on any atom is -0.475 e. The molecule has 1 aromatic carbocycles. The summed E-state index contributed by atoms with van der Waals surface area (Å²) >= 11 is 0. The zero-order valence-electron chi connectivity index (χ0n) is 16.0. The molecule has 3 aliphatic rings. The first kappa shape index (κ1) is 20.7. The quantitative estimate of drug-likeness (QED) is 0.753. The number of hydrogen-bond acceptors (Lipinski definition) is 2. The molecular weight excluding hydrogens is 367 g/mol. The van der Waals surface area contributed by atoms with Crippen molar-refractivity contribution in [2.45, 2.75) is 51.2 Å². The number of benzene rings is 1. The lowest BCUT2D eigenvalue weighted by Crippen LogP contribution is -2.38. The summed E-state index contributed by atoms with van der Waals surface area (Å²) in [6, 6.07) is 9.17. The summed E-state index contributed by atoms with van der Waals surface area (Å²) in [7, 11) is 0. The van der Waals surface area contributed by atoms with Gasteiger partial charge in [0.1, 0.15) is 0 Å². The molecule has 2 aliphatic carbocycles. The molecule has 1 aromatic rings. The highest BCUT2D eigenvalue weighted by Crippen LogP contribution is 2.47. The van der Waals surface area contributed by atoms with E-state index in [1.165, 1.54) is 56.3 Å². The standard InChI is InChI=1S/C20H25N.C2HF3O2/c1-15-6-8-16(9-7-15)10-11-20(17-4-2-3-5-17)21-13-18-12-19(18)14-21;3-2(4,5)1(6)7/h6-9,17-20H,2-5,12-14H2,1H3;(H,6,7). The van der Waals surface area contributed by atoms with Crippen molar-refractivity contribution in [3.05, 3.63) is 35.4 Å². The number of carboxylic acid groups (broad SMARTS) is 1. The molecule has 3 unspecified atom stereocenters. The van der Waals surface area contributed by atoms with Gasteiger partial charge in [-0.05, 0) is 56.1 Å². The SMILES string of the molecule is Cc1ccc(C#CC(C2CCCC2)N2CC3CC3C2)cc1.O=C(O)C(F)(F)F. The predicted molar refractivity (Wildman–Crippen MR) is 101 cm³/mol. The topological polar surface area (TPSA) is 40.5 Å². The number of halogens is 3. The van der Waals surface area contributed by atoms with Crippen LogP contribution in [0.3, 0.4) is 0 Å². The van der Waals surface area contributed by atoms with Gasteiger partial charge in [-0.3, -0.25) is 4.90 Å². The third-order valence-corrected chi connectivity index (χ3v) is 5.91. The first-order valence-corrected chi connectivity index (χ1v) is 9.86. The van der Waals surface area contributed by atoms with Crippen LogP contribution in [0.25, 0.3) is 0 Å². The highest BCUT2D eigenvalue weighted by molar-refractivity contribution is 5.73. The smallest absolute Gasteiger partial charge is 0.475 e. The molecular formula is C22H26F3NO2. The average molecular weight is 393 g/mol. The van der Waals surface area contributed by atoms with Gasteiger partial charge < -0.3 is 5.11 Å². The summed E-state index contributed by atoms with van der Waals surface area (Å²) in [5, 5.41) is 7.12. The van der Waals surface area contributed by atoms with Crippen LogP contribution in [0.4, 0.5) is 13.2 Å². The molecule has 1 N–H and O–H groups in total. The van der Waals surface area contributed by atoms with Crippen LogP contribution >= 0.6 is 0 Å². The molecule has 2 saturated carbocycles. The van der Waals surface area contributed by atoms with E-state index in [1.807, 2.05) is 0 Å². The lowest BCUT2D eigenvalue weighted by atomic mass is 9.96. The normalized spacial score (nSPS) is 25.1. The van der Waals surface area contributed by atoms with E-state index in [2.05, 4.69) is 47.9 Å². The maximum Gasteiger partial charge on any atom is 0.490 e. The van der Waals surface area contributed by atoms with Gasteiger partial charge in [0.15, 0.2) is 0 Å². The van der Waals surface area contributed by atoms with Crippen molar-refractivity contribution in [2.75, 3.05) is 13.1 Å². The van der Waals surface area contributed by atoms with Gasteiger partial charge in [-0.15, -0.1) is 0 Å². The molecule has 3 nitrogen and oxygen atoms in total. The summed E-state index contributed by atoms with van der Waals surface area (Å²) in [5.41, 5.74) is 2.49. The Labute approximate surface area is 163 Å². The fourth-order valence-corrected chi connectivity index (χ4v) is 4.24. The molecule has 0 amide bonds. The molecule has 3 fully saturated rings. The number of nitrogens with zero attached hydrogens (tertiary/aromatic N) is 1. The number of aliphatic carboxylic acids is 1. The number of hydrogen-bond donors (Lipinski definition) is 1. The summed E-state index contributed by atoms with van der Waals surface area (Å²) in [5.74, 6) is 7.20. The second-order valence-corrected chi connectivity index (χ2v) is 8.14. The van der Waals surface area contributed by atoms with Crippen molar-refractivity contribution in [1.29, 1.82) is 0 Å². The Morgan fingerprint density at radius 3 is 2.18 bits per heavy atom. The number of piperidine rings is 1. The zero-order chi connectivity index (χ0) is 20.3. The molecule has 0 radical (unpaired) electrons. The molecule has 0 bridgehead atoms. The monoisotopic (exact) mass is 393 g/mol. The van der Waals surface area contributed by atoms with Gasteiger partial charge in [0.2, 0.25) is 0 Å². The molecule has 4 rings (SSSR count). The number of carboxylic acids is 1. The molecule has 0 aromatic heterocycles. The summed E-state index contributed by atoms with van der Waals surface area (Å²) in [4.78, 5) is 11.6. The Kier molecular flexibility index (Phi) is 6.34. The largest absolute Gasteiger partial charge is 0.490 e. The fraction of sp³-hybridized carbons (Fsp3) is 0.591. The van der Waals surface area contributed by atoms with Crippen molar-refractivity contribution in [1.82, 2.24) is 4.90 Å². The molecule has 152 valence electrons. The first-order chi connectivity index (χ1) is 13.2. The van der Waals surface area contributed by atoms with Gasteiger partial charge in [0, 0.05) is 18.7 Å². The highest BCUT2D eigenvalue weighted by atomic mass is 19.4. The predicted octanol–water partition coefficient (Wildman–Crippen LogP) is 4.49. The Morgan fingerprint density at radius 2 is 1.68 bits per heavy atom. The molecule has 0 spiro atoms. The van der Waals surface area contributed by atoms with Crippen LogP contribution in [0, 0.1) is 36.5 Å². The van der Waals surface area contributed by atoms with Crippen molar-refractivity contribution in [3.8, 4) is 11.8 Å². The van der Waals surface area contributed by atoms with Gasteiger partial charge >= 0.3 is 12.1 Å². The Balaban J connectivity index is 0.000000279. The number of carbonyl (C=O) groups is 1. The van der Waals surface area contributed by atoms with Gasteiger partial charge in [-0.1, -0.05) is 42.4 Å². The summed E-state index contributed by atoms with van der Waals surface area (Å²) < 4.78 is 31.7. The average Bonchev–Trinajstić information content (AvgIpc) is 3.02. The van der Waals surface area contributed by atoms with E-state index in [4.69, 9.17) is 9.90 Å². The van der Waals surface area contributed by atoms with E-state index >= 15 is 0 Å². The zero-order valence-corrected chi connectivity index (χ0v) is 16.0. The van der Waals surface area contributed by atoms with Gasteiger partial charge in [-0.2, -0.15) is 13.2 Å². The van der Waals surface area contributed by atoms with E-state index in [0.717, 1.165) is 17.8 Å².